The third-order valence-corrected chi connectivity index (χ3v) is 3.62. The summed E-state index contributed by atoms with van der Waals surface area (Å²) in [7, 11) is 0. The molecule has 0 bridgehead atoms. The fraction of sp³-hybridized carbons (Fsp3) is 0.250. The molecule has 0 aliphatic heterocycles. The average molecular weight is 245 g/mol. The second kappa shape index (κ2) is 4.00. The van der Waals surface area contributed by atoms with Crippen LogP contribution in [0.3, 0.4) is 0 Å². The molecule has 0 aliphatic rings. The zero-order chi connectivity index (χ0) is 9.90. The molecule has 3 N–H and O–H groups in total. The molecule has 0 aromatic heterocycles. The molecule has 1 rings (SSSR count). The maximum atomic E-state index is 10.8. The van der Waals surface area contributed by atoms with Gasteiger partial charge < -0.3 is 0 Å². The van der Waals surface area contributed by atoms with Crippen molar-refractivity contribution in [1.29, 1.82) is 0 Å². The summed E-state index contributed by atoms with van der Waals surface area (Å²) in [4.78, 5) is 0. The molecule has 0 spiro atoms. The van der Waals surface area contributed by atoms with E-state index in [1.54, 1.807) is 12.1 Å². The van der Waals surface area contributed by atoms with E-state index in [-0.39, 0.29) is 4.35 Å². The number of hydrogen-bond acceptors (Lipinski definition) is 2. The molecule has 0 heterocycles. The van der Waals surface area contributed by atoms with E-state index in [4.69, 9.17) is 8.19 Å². The van der Waals surface area contributed by atoms with Gasteiger partial charge in [0.15, 0.2) is 0 Å². The molecule has 4 nitrogen and oxygen atoms in total. The molecule has 0 amide bonds. The normalized spacial score (nSPS) is 11.3. The van der Waals surface area contributed by atoms with Crippen molar-refractivity contribution in [3.63, 3.8) is 0 Å². The van der Waals surface area contributed by atoms with E-state index in [1.807, 2.05) is 6.92 Å². The van der Waals surface area contributed by atoms with Gasteiger partial charge in [-0.1, -0.05) is 0 Å². The van der Waals surface area contributed by atoms with Crippen molar-refractivity contribution >= 4 is 24.2 Å². The topological polar surface area (TPSA) is 69.6 Å². The van der Waals surface area contributed by atoms with Gasteiger partial charge in [0.05, 0.1) is 0 Å². The summed E-state index contributed by atoms with van der Waals surface area (Å²) in [6.45, 7) is 2.75. The van der Waals surface area contributed by atoms with E-state index < -0.39 is 14.2 Å². The predicted molar refractivity (Wildman–Crippen MR) is 51.1 cm³/mol. The van der Waals surface area contributed by atoms with Gasteiger partial charge >= 0.3 is 79.2 Å². The van der Waals surface area contributed by atoms with E-state index in [0.717, 1.165) is 12.2 Å². The van der Waals surface area contributed by atoms with Crippen LogP contribution in [0.5, 0.6) is 0 Å². The molecule has 0 fully saturated rings. The number of rotatable bonds is 3. The van der Waals surface area contributed by atoms with Gasteiger partial charge in [0.25, 0.3) is 0 Å². The van der Waals surface area contributed by atoms with Gasteiger partial charge in [-0.05, 0) is 0 Å². The van der Waals surface area contributed by atoms with Gasteiger partial charge in [-0.15, -0.1) is 0 Å². The van der Waals surface area contributed by atoms with Crippen molar-refractivity contribution in [3.8, 4) is 0 Å². The van der Waals surface area contributed by atoms with E-state index in [9.17, 15) is 3.74 Å². The van der Waals surface area contributed by atoms with Gasteiger partial charge in [0, 0.05) is 0 Å². The van der Waals surface area contributed by atoms with Crippen molar-refractivity contribution in [3.05, 3.63) is 24.3 Å². The summed E-state index contributed by atoms with van der Waals surface area (Å²) in [5, 5.41) is 3.04. The number of anilines is 1. The third kappa shape index (κ3) is 2.92. The van der Waals surface area contributed by atoms with Crippen LogP contribution >= 0.6 is 0 Å². The molecule has 1 aromatic rings. The van der Waals surface area contributed by atoms with E-state index >= 15 is 0 Å². The number of hydrogen-bond donors (Lipinski definition) is 3. The van der Waals surface area contributed by atoms with Crippen LogP contribution in [-0.4, -0.2) is 28.9 Å². The maximum absolute atomic E-state index is 10.8. The Hall–Kier alpha value is -0.702. The first-order chi connectivity index (χ1) is 6.04. The van der Waals surface area contributed by atoms with E-state index in [0.29, 0.717) is 0 Å². The molecule has 0 saturated heterocycles. The Morgan fingerprint density at radius 3 is 2.23 bits per heavy atom. The first-order valence-corrected chi connectivity index (χ1v) is 7.32. The van der Waals surface area contributed by atoms with Crippen molar-refractivity contribution < 1.29 is 11.9 Å². The Morgan fingerprint density at radius 1 is 1.31 bits per heavy atom. The third-order valence-electron chi connectivity index (χ3n) is 1.58. The molecule has 72 valence electrons. The van der Waals surface area contributed by atoms with Crippen molar-refractivity contribution in [2.75, 3.05) is 11.9 Å². The summed E-state index contributed by atoms with van der Waals surface area (Å²) in [6.07, 6.45) is 0. The molecule has 1 aromatic carbocycles. The Kier molecular flexibility index (Phi) is 3.20. The monoisotopic (exact) mass is 245 g/mol. The first-order valence-electron chi connectivity index (χ1n) is 3.94. The van der Waals surface area contributed by atoms with Crippen LogP contribution in [0.15, 0.2) is 24.3 Å². The van der Waals surface area contributed by atoms with Crippen LogP contribution in [0, 0.1) is 0 Å². The Bertz CT molecular complexity index is 317. The molecule has 0 atom stereocenters. The van der Waals surface area contributed by atoms with Crippen LogP contribution in [-0.2, 0) is 3.74 Å². The second-order valence-corrected chi connectivity index (χ2v) is 5.99. The molecule has 0 unspecified atom stereocenters. The standard InChI is InChI=1S/C8H12AsNO3/c1-2-10-8-5-3-7(4-6-8)9(11,12)13/h3-6,10H,2H2,1H3,(H2,11,12,13). The van der Waals surface area contributed by atoms with Crippen molar-refractivity contribution in [2.24, 2.45) is 0 Å². The van der Waals surface area contributed by atoms with Gasteiger partial charge in [-0.2, -0.15) is 0 Å². The van der Waals surface area contributed by atoms with E-state index in [2.05, 4.69) is 5.32 Å². The van der Waals surface area contributed by atoms with Crippen LogP contribution in [0.2, 0.25) is 0 Å². The fourth-order valence-electron chi connectivity index (χ4n) is 0.978. The van der Waals surface area contributed by atoms with Gasteiger partial charge in [-0.3, -0.25) is 0 Å². The zero-order valence-corrected chi connectivity index (χ0v) is 9.14. The van der Waals surface area contributed by atoms with Crippen molar-refractivity contribution in [2.45, 2.75) is 6.92 Å². The second-order valence-electron chi connectivity index (χ2n) is 2.62. The number of benzene rings is 1. The predicted octanol–water partition coefficient (Wildman–Crippen LogP) is -0.321. The van der Waals surface area contributed by atoms with Crippen LogP contribution in [0.4, 0.5) is 5.69 Å². The quantitative estimate of drug-likeness (QED) is 0.638. The average Bonchev–Trinajstić information content (AvgIpc) is 2.04. The first kappa shape index (κ1) is 10.4. The summed E-state index contributed by atoms with van der Waals surface area (Å²) in [6, 6.07) is 6.24. The molecule has 0 saturated carbocycles. The van der Waals surface area contributed by atoms with Crippen LogP contribution < -0.4 is 9.67 Å². The minimum absolute atomic E-state index is 0.111. The Morgan fingerprint density at radius 2 is 1.85 bits per heavy atom. The van der Waals surface area contributed by atoms with Gasteiger partial charge in [0.1, 0.15) is 0 Å². The SMILES string of the molecule is CCNc1ccc([As](=O)(O)O)cc1. The Labute approximate surface area is 79.6 Å². The van der Waals surface area contributed by atoms with Crippen molar-refractivity contribution in [1.82, 2.24) is 0 Å². The van der Waals surface area contributed by atoms with Crippen LogP contribution in [0.1, 0.15) is 6.92 Å². The minimum atomic E-state index is -4.68. The van der Waals surface area contributed by atoms with E-state index in [1.165, 1.54) is 12.1 Å². The molecule has 0 aliphatic carbocycles. The fourth-order valence-corrected chi connectivity index (χ4v) is 2.11. The Balaban J connectivity index is 2.88. The van der Waals surface area contributed by atoms with Gasteiger partial charge in [-0.25, -0.2) is 0 Å². The summed E-state index contributed by atoms with van der Waals surface area (Å²) in [5.74, 6) is 0. The summed E-state index contributed by atoms with van der Waals surface area (Å²) < 4.78 is 28.7. The molecule has 5 heteroatoms. The van der Waals surface area contributed by atoms with Crippen LogP contribution in [0.25, 0.3) is 0 Å². The molecule has 13 heavy (non-hydrogen) atoms. The van der Waals surface area contributed by atoms with Gasteiger partial charge in [0.2, 0.25) is 0 Å². The molecular weight excluding hydrogens is 233 g/mol. The summed E-state index contributed by atoms with van der Waals surface area (Å²) in [5.41, 5.74) is 0.871. The molecule has 0 radical (unpaired) electrons. The zero-order valence-electron chi connectivity index (χ0n) is 7.27. The molecular formula is C8H12AsNO3. The number of nitrogens with one attached hydrogen (secondary N) is 1. The summed E-state index contributed by atoms with van der Waals surface area (Å²) >= 11 is -4.68.